The number of rotatable bonds is 7. The van der Waals surface area contributed by atoms with Crippen molar-refractivity contribution in [2.24, 2.45) is 0 Å². The maximum Gasteiger partial charge on any atom is 0.257 e. The average Bonchev–Trinajstić information content (AvgIpc) is 2.58. The minimum absolute atomic E-state index is 0.0259. The van der Waals surface area contributed by atoms with E-state index in [0.29, 0.717) is 18.0 Å². The molecule has 0 aromatic heterocycles. The van der Waals surface area contributed by atoms with Crippen molar-refractivity contribution in [1.82, 2.24) is 5.32 Å². The van der Waals surface area contributed by atoms with Gasteiger partial charge >= 0.3 is 0 Å². The summed E-state index contributed by atoms with van der Waals surface area (Å²) in [6, 6.07) is 17.4. The van der Waals surface area contributed by atoms with Crippen LogP contribution in [-0.2, 0) is 4.79 Å². The van der Waals surface area contributed by atoms with Gasteiger partial charge in [0.2, 0.25) is 0 Å². The highest BCUT2D eigenvalue weighted by Crippen LogP contribution is 2.25. The molecule has 22 heavy (non-hydrogen) atoms. The molecule has 4 heteroatoms. The summed E-state index contributed by atoms with van der Waals surface area (Å²) in [5.74, 6) is 1.30. The third kappa shape index (κ3) is 4.52. The first-order valence-electron chi connectivity index (χ1n) is 7.28. The number of ether oxygens (including phenoxy) is 2. The summed E-state index contributed by atoms with van der Waals surface area (Å²) < 4.78 is 10.7. The Morgan fingerprint density at radius 2 is 1.68 bits per heavy atom. The fourth-order valence-electron chi connectivity index (χ4n) is 2.10. The molecule has 0 radical (unpaired) electrons. The lowest BCUT2D eigenvalue weighted by atomic mass is 10.0. The van der Waals surface area contributed by atoms with Crippen molar-refractivity contribution in [3.63, 3.8) is 0 Å². The van der Waals surface area contributed by atoms with E-state index >= 15 is 0 Å². The van der Waals surface area contributed by atoms with Gasteiger partial charge in [0.25, 0.3) is 5.91 Å². The van der Waals surface area contributed by atoms with Gasteiger partial charge in [-0.25, -0.2) is 0 Å². The predicted octanol–water partition coefficient (Wildman–Crippen LogP) is 2.99. The zero-order valence-corrected chi connectivity index (χ0v) is 12.9. The average molecular weight is 299 g/mol. The first kappa shape index (κ1) is 15.9. The Bertz CT molecular complexity index is 598. The second kappa shape index (κ2) is 8.08. The molecule has 1 N–H and O–H groups in total. The van der Waals surface area contributed by atoms with E-state index in [1.807, 2.05) is 30.3 Å². The summed E-state index contributed by atoms with van der Waals surface area (Å²) >= 11 is 0. The lowest BCUT2D eigenvalue weighted by Crippen LogP contribution is -2.31. The number of carbonyl (C=O) groups excluding carboxylic acids is 1. The van der Waals surface area contributed by atoms with E-state index in [4.69, 9.17) is 9.47 Å². The van der Waals surface area contributed by atoms with Crippen molar-refractivity contribution in [3.8, 4) is 11.5 Å². The number of benzene rings is 2. The molecule has 1 unspecified atom stereocenters. The largest absolute Gasteiger partial charge is 0.493 e. The number of nitrogens with one attached hydrogen (secondary N) is 1. The van der Waals surface area contributed by atoms with Gasteiger partial charge in [-0.1, -0.05) is 49.4 Å². The molecular formula is C18H21NO3. The number of amides is 1. The SMILES string of the molecule is COc1ccccc1OCC(=O)NCC(C)c1ccccc1. The van der Waals surface area contributed by atoms with E-state index in [2.05, 4.69) is 24.4 Å². The van der Waals surface area contributed by atoms with Crippen LogP contribution in [0.3, 0.4) is 0 Å². The summed E-state index contributed by atoms with van der Waals surface area (Å²) in [4.78, 5) is 11.9. The quantitative estimate of drug-likeness (QED) is 0.855. The number of hydrogen-bond acceptors (Lipinski definition) is 3. The number of hydrogen-bond donors (Lipinski definition) is 1. The molecule has 0 heterocycles. The third-order valence-corrected chi connectivity index (χ3v) is 3.40. The molecule has 2 rings (SSSR count). The van der Waals surface area contributed by atoms with Gasteiger partial charge in [-0.15, -0.1) is 0 Å². The zero-order chi connectivity index (χ0) is 15.8. The van der Waals surface area contributed by atoms with Crippen molar-refractivity contribution in [1.29, 1.82) is 0 Å². The number of methoxy groups -OCH3 is 1. The second-order valence-corrected chi connectivity index (χ2v) is 5.06. The van der Waals surface area contributed by atoms with Crippen LogP contribution in [0.4, 0.5) is 0 Å². The number of para-hydroxylation sites is 2. The zero-order valence-electron chi connectivity index (χ0n) is 12.9. The van der Waals surface area contributed by atoms with Crippen molar-refractivity contribution >= 4 is 5.91 Å². The Labute approximate surface area is 131 Å². The first-order chi connectivity index (χ1) is 10.7. The molecule has 0 aliphatic heterocycles. The molecule has 116 valence electrons. The molecule has 0 saturated heterocycles. The van der Waals surface area contributed by atoms with E-state index in [0.717, 1.165) is 0 Å². The van der Waals surface area contributed by atoms with Gasteiger partial charge in [0.05, 0.1) is 7.11 Å². The van der Waals surface area contributed by atoms with E-state index in [9.17, 15) is 4.79 Å². The smallest absolute Gasteiger partial charge is 0.257 e. The van der Waals surface area contributed by atoms with Crippen LogP contribution in [0.25, 0.3) is 0 Å². The van der Waals surface area contributed by atoms with Crippen LogP contribution in [0, 0.1) is 0 Å². The van der Waals surface area contributed by atoms with Crippen LogP contribution in [0.15, 0.2) is 54.6 Å². The fourth-order valence-corrected chi connectivity index (χ4v) is 2.10. The lowest BCUT2D eigenvalue weighted by Gasteiger charge is -2.14. The molecule has 0 aliphatic carbocycles. The van der Waals surface area contributed by atoms with Crippen molar-refractivity contribution in [2.75, 3.05) is 20.3 Å². The lowest BCUT2D eigenvalue weighted by molar-refractivity contribution is -0.123. The topological polar surface area (TPSA) is 47.6 Å². The molecule has 0 bridgehead atoms. The Kier molecular flexibility index (Phi) is 5.83. The van der Waals surface area contributed by atoms with E-state index < -0.39 is 0 Å². The van der Waals surface area contributed by atoms with Crippen LogP contribution in [0.5, 0.6) is 11.5 Å². The van der Waals surface area contributed by atoms with Gasteiger partial charge in [0, 0.05) is 6.54 Å². The second-order valence-electron chi connectivity index (χ2n) is 5.06. The molecule has 1 atom stereocenters. The minimum Gasteiger partial charge on any atom is -0.493 e. The monoisotopic (exact) mass is 299 g/mol. The van der Waals surface area contributed by atoms with Crippen LogP contribution in [0.1, 0.15) is 18.4 Å². The summed E-state index contributed by atoms with van der Waals surface area (Å²) in [6.45, 7) is 2.64. The molecule has 2 aromatic carbocycles. The molecule has 0 fully saturated rings. The molecule has 4 nitrogen and oxygen atoms in total. The summed E-state index contributed by atoms with van der Waals surface area (Å²) in [7, 11) is 1.57. The van der Waals surface area contributed by atoms with Gasteiger partial charge < -0.3 is 14.8 Å². The van der Waals surface area contributed by atoms with E-state index in [-0.39, 0.29) is 18.4 Å². The van der Waals surface area contributed by atoms with Crippen molar-refractivity contribution in [2.45, 2.75) is 12.8 Å². The summed E-state index contributed by atoms with van der Waals surface area (Å²) in [6.07, 6.45) is 0. The summed E-state index contributed by atoms with van der Waals surface area (Å²) in [5, 5.41) is 2.88. The third-order valence-electron chi connectivity index (χ3n) is 3.40. The molecule has 0 spiro atoms. The predicted molar refractivity (Wildman–Crippen MR) is 86.4 cm³/mol. The Morgan fingerprint density at radius 1 is 1.05 bits per heavy atom. The molecule has 1 amide bonds. The highest BCUT2D eigenvalue weighted by molar-refractivity contribution is 5.77. The summed E-state index contributed by atoms with van der Waals surface area (Å²) in [5.41, 5.74) is 1.20. The van der Waals surface area contributed by atoms with Crippen LogP contribution >= 0.6 is 0 Å². The molecule has 0 saturated carbocycles. The van der Waals surface area contributed by atoms with Gasteiger partial charge in [-0.3, -0.25) is 4.79 Å². The standard InChI is InChI=1S/C18H21NO3/c1-14(15-8-4-3-5-9-15)12-19-18(20)13-22-17-11-7-6-10-16(17)21-2/h3-11,14H,12-13H2,1-2H3,(H,19,20). The van der Waals surface area contributed by atoms with Crippen molar-refractivity contribution < 1.29 is 14.3 Å². The number of carbonyl (C=O) groups is 1. The van der Waals surface area contributed by atoms with Gasteiger partial charge in [0.1, 0.15) is 0 Å². The highest BCUT2D eigenvalue weighted by Gasteiger charge is 2.09. The molecule has 0 aliphatic rings. The maximum absolute atomic E-state index is 11.9. The van der Waals surface area contributed by atoms with Gasteiger partial charge in [0.15, 0.2) is 18.1 Å². The van der Waals surface area contributed by atoms with Crippen LogP contribution < -0.4 is 14.8 Å². The Hall–Kier alpha value is -2.49. The fraction of sp³-hybridized carbons (Fsp3) is 0.278. The van der Waals surface area contributed by atoms with Crippen molar-refractivity contribution in [3.05, 3.63) is 60.2 Å². The minimum atomic E-state index is -0.145. The van der Waals surface area contributed by atoms with Gasteiger partial charge in [-0.2, -0.15) is 0 Å². The van der Waals surface area contributed by atoms with Gasteiger partial charge in [-0.05, 0) is 23.6 Å². The first-order valence-corrected chi connectivity index (χ1v) is 7.28. The Balaban J connectivity index is 1.79. The molecular weight excluding hydrogens is 278 g/mol. The van der Waals surface area contributed by atoms with Crippen LogP contribution in [-0.4, -0.2) is 26.2 Å². The van der Waals surface area contributed by atoms with Crippen LogP contribution in [0.2, 0.25) is 0 Å². The normalized spacial score (nSPS) is 11.5. The maximum atomic E-state index is 11.9. The van der Waals surface area contributed by atoms with E-state index in [1.54, 1.807) is 19.2 Å². The van der Waals surface area contributed by atoms with E-state index in [1.165, 1.54) is 5.56 Å². The molecule has 2 aromatic rings. The highest BCUT2D eigenvalue weighted by atomic mass is 16.5. The Morgan fingerprint density at radius 3 is 2.36 bits per heavy atom.